The molecular formula is C17H13Cl3N2O2. The van der Waals surface area contributed by atoms with Crippen LogP contribution in [0, 0.1) is 0 Å². The molecule has 1 amide bonds. The summed E-state index contributed by atoms with van der Waals surface area (Å²) in [4.78, 5) is 11.9. The average molecular weight is 384 g/mol. The normalized spacial score (nSPS) is 12.8. The number of rotatable bonds is 4. The molecule has 0 aromatic heterocycles. The minimum Gasteiger partial charge on any atom is -0.493 e. The summed E-state index contributed by atoms with van der Waals surface area (Å²) in [7, 11) is 0. The Bertz CT molecular complexity index is 798. The van der Waals surface area contributed by atoms with Crippen molar-refractivity contribution in [2.75, 3.05) is 12.0 Å². The van der Waals surface area contributed by atoms with Crippen molar-refractivity contribution in [2.45, 2.75) is 6.42 Å². The van der Waals surface area contributed by atoms with Gasteiger partial charge in [0.25, 0.3) is 5.91 Å². The molecule has 4 nitrogen and oxygen atoms in total. The van der Waals surface area contributed by atoms with Gasteiger partial charge in [0.1, 0.15) is 5.75 Å². The maximum atomic E-state index is 11.9. The third-order valence-electron chi connectivity index (χ3n) is 3.46. The third kappa shape index (κ3) is 3.96. The van der Waals surface area contributed by atoms with Gasteiger partial charge in [-0.15, -0.1) is 0 Å². The van der Waals surface area contributed by atoms with Crippen LogP contribution in [0.15, 0.2) is 36.4 Å². The highest BCUT2D eigenvalue weighted by Gasteiger charge is 2.11. The third-order valence-corrected chi connectivity index (χ3v) is 4.27. The van der Waals surface area contributed by atoms with E-state index < -0.39 is 0 Å². The molecule has 0 saturated heterocycles. The molecule has 3 rings (SSSR count). The van der Waals surface area contributed by atoms with Crippen LogP contribution in [0.4, 0.5) is 5.69 Å². The van der Waals surface area contributed by atoms with Crippen LogP contribution in [0.3, 0.4) is 0 Å². The highest BCUT2D eigenvalue weighted by atomic mass is 35.5. The Morgan fingerprint density at radius 1 is 1.12 bits per heavy atom. The summed E-state index contributed by atoms with van der Waals surface area (Å²) < 4.78 is 5.45. The van der Waals surface area contributed by atoms with Gasteiger partial charge in [0.2, 0.25) is 0 Å². The largest absolute Gasteiger partial charge is 0.493 e. The molecule has 1 heterocycles. The molecule has 24 heavy (non-hydrogen) atoms. The number of carbonyl (C=O) groups is 1. The Morgan fingerprint density at radius 3 is 2.62 bits per heavy atom. The molecular weight excluding hydrogens is 371 g/mol. The van der Waals surface area contributed by atoms with Crippen LogP contribution in [0.5, 0.6) is 5.75 Å². The van der Waals surface area contributed by atoms with Crippen molar-refractivity contribution in [1.29, 1.82) is 0 Å². The predicted octanol–water partition coefficient (Wildman–Crippen LogP) is 4.74. The highest BCUT2D eigenvalue weighted by Crippen LogP contribution is 2.33. The first-order valence-corrected chi connectivity index (χ1v) is 8.30. The average Bonchev–Trinajstić information content (AvgIpc) is 2.99. The fourth-order valence-electron chi connectivity index (χ4n) is 2.31. The number of amides is 1. The number of fused-ring (bicyclic) bond motifs is 1. The van der Waals surface area contributed by atoms with Crippen molar-refractivity contribution in [1.82, 2.24) is 5.43 Å². The van der Waals surface area contributed by atoms with Gasteiger partial charge in [-0.25, -0.2) is 0 Å². The van der Waals surface area contributed by atoms with Gasteiger partial charge in [-0.2, -0.15) is 0 Å². The number of carbonyl (C=O) groups excluding carboxylic acids is 1. The van der Waals surface area contributed by atoms with Crippen molar-refractivity contribution in [2.24, 2.45) is 0 Å². The van der Waals surface area contributed by atoms with E-state index in [4.69, 9.17) is 39.5 Å². The molecule has 2 aromatic rings. The summed E-state index contributed by atoms with van der Waals surface area (Å²) in [5.41, 5.74) is 7.67. The first-order valence-electron chi connectivity index (χ1n) is 7.17. The molecule has 0 radical (unpaired) electrons. The summed E-state index contributed by atoms with van der Waals surface area (Å²) in [5.74, 6) is 0.569. The number of anilines is 1. The summed E-state index contributed by atoms with van der Waals surface area (Å²) in [6.45, 7) is 0.704. The first-order chi connectivity index (χ1) is 11.5. The molecule has 0 bridgehead atoms. The monoisotopic (exact) mass is 382 g/mol. The number of ether oxygens (including phenoxy) is 1. The fourth-order valence-corrected chi connectivity index (χ4v) is 3.22. The molecule has 0 fully saturated rings. The van der Waals surface area contributed by atoms with Gasteiger partial charge in [-0.1, -0.05) is 40.9 Å². The Balaban J connectivity index is 1.62. The number of halogens is 3. The van der Waals surface area contributed by atoms with Crippen molar-refractivity contribution >= 4 is 52.5 Å². The van der Waals surface area contributed by atoms with Crippen LogP contribution in [0.25, 0.3) is 6.08 Å². The van der Waals surface area contributed by atoms with E-state index in [9.17, 15) is 4.79 Å². The van der Waals surface area contributed by atoms with Crippen molar-refractivity contribution in [3.8, 4) is 5.75 Å². The van der Waals surface area contributed by atoms with Gasteiger partial charge in [-0.3, -0.25) is 15.6 Å². The topological polar surface area (TPSA) is 50.4 Å². The van der Waals surface area contributed by atoms with E-state index in [2.05, 4.69) is 10.9 Å². The lowest BCUT2D eigenvalue weighted by molar-refractivity contribution is -0.115. The second-order valence-corrected chi connectivity index (χ2v) is 6.41. The smallest absolute Gasteiger partial charge is 0.262 e. The molecule has 0 atom stereocenters. The van der Waals surface area contributed by atoms with Crippen LogP contribution in [0.1, 0.15) is 11.1 Å². The van der Waals surface area contributed by atoms with Crippen LogP contribution < -0.4 is 15.6 Å². The van der Waals surface area contributed by atoms with E-state index in [1.165, 1.54) is 18.2 Å². The Hall–Kier alpha value is -1.88. The summed E-state index contributed by atoms with van der Waals surface area (Å²) >= 11 is 17.9. The van der Waals surface area contributed by atoms with E-state index in [1.54, 1.807) is 6.08 Å². The number of nitrogens with one attached hydrogen (secondary N) is 2. The molecule has 0 spiro atoms. The summed E-state index contributed by atoms with van der Waals surface area (Å²) in [6.07, 6.45) is 4.03. The molecule has 0 saturated carbocycles. The first kappa shape index (κ1) is 17.0. The van der Waals surface area contributed by atoms with Gasteiger partial charge in [0, 0.05) is 17.5 Å². The molecule has 1 aliphatic heterocycles. The lowest BCUT2D eigenvalue weighted by atomic mass is 10.1. The Kier molecular flexibility index (Phi) is 5.19. The van der Waals surface area contributed by atoms with Crippen molar-refractivity contribution < 1.29 is 9.53 Å². The van der Waals surface area contributed by atoms with Gasteiger partial charge in [-0.05, 0) is 41.5 Å². The quantitative estimate of drug-likeness (QED) is 0.592. The van der Waals surface area contributed by atoms with E-state index in [1.807, 2.05) is 18.2 Å². The Morgan fingerprint density at radius 2 is 1.88 bits per heavy atom. The molecule has 2 aromatic carbocycles. The number of benzene rings is 2. The number of hydrogen-bond donors (Lipinski definition) is 2. The molecule has 0 unspecified atom stereocenters. The minimum absolute atomic E-state index is 0.315. The minimum atomic E-state index is -0.339. The van der Waals surface area contributed by atoms with Gasteiger partial charge in [0.15, 0.2) is 0 Å². The zero-order chi connectivity index (χ0) is 17.1. The second-order valence-electron chi connectivity index (χ2n) is 5.16. The maximum absolute atomic E-state index is 11.9. The highest BCUT2D eigenvalue weighted by molar-refractivity contribution is 6.41. The molecule has 124 valence electrons. The SMILES string of the molecule is O=C(/C=C/c1ccc2c(c1)CCO2)NNc1c(Cl)cc(Cl)cc1Cl. The van der Waals surface area contributed by atoms with Crippen LogP contribution >= 0.6 is 34.8 Å². The summed E-state index contributed by atoms with van der Waals surface area (Å²) in [6, 6.07) is 8.88. The zero-order valence-electron chi connectivity index (χ0n) is 12.4. The maximum Gasteiger partial charge on any atom is 0.262 e. The van der Waals surface area contributed by atoms with Crippen LogP contribution in [-0.2, 0) is 11.2 Å². The zero-order valence-corrected chi connectivity index (χ0v) is 14.7. The standard InChI is InChI=1S/C17H13Cl3N2O2/c18-12-8-13(19)17(14(20)9-12)22-21-16(23)4-2-10-1-3-15-11(7-10)5-6-24-15/h1-4,7-9,22H,5-6H2,(H,21,23)/b4-2+. The van der Waals surface area contributed by atoms with E-state index in [0.29, 0.717) is 27.4 Å². The van der Waals surface area contributed by atoms with E-state index >= 15 is 0 Å². The van der Waals surface area contributed by atoms with Crippen LogP contribution in [-0.4, -0.2) is 12.5 Å². The van der Waals surface area contributed by atoms with Crippen molar-refractivity contribution in [3.63, 3.8) is 0 Å². The molecule has 0 aliphatic carbocycles. The molecule has 1 aliphatic rings. The molecule has 2 N–H and O–H groups in total. The van der Waals surface area contributed by atoms with Gasteiger partial charge < -0.3 is 4.74 Å². The Labute approximate surface area is 154 Å². The van der Waals surface area contributed by atoms with E-state index in [-0.39, 0.29) is 5.91 Å². The fraction of sp³-hybridized carbons (Fsp3) is 0.118. The predicted molar refractivity (Wildman–Crippen MR) is 97.9 cm³/mol. The van der Waals surface area contributed by atoms with Gasteiger partial charge >= 0.3 is 0 Å². The number of hydrazine groups is 1. The van der Waals surface area contributed by atoms with Crippen LogP contribution in [0.2, 0.25) is 15.1 Å². The van der Waals surface area contributed by atoms with Crippen molar-refractivity contribution in [3.05, 3.63) is 62.6 Å². The van der Waals surface area contributed by atoms with E-state index in [0.717, 1.165) is 23.3 Å². The molecule has 7 heteroatoms. The number of hydrogen-bond acceptors (Lipinski definition) is 3. The second kappa shape index (κ2) is 7.34. The lowest BCUT2D eigenvalue weighted by Crippen LogP contribution is -2.27. The lowest BCUT2D eigenvalue weighted by Gasteiger charge is -2.10. The summed E-state index contributed by atoms with van der Waals surface area (Å²) in [5, 5.41) is 1.05. The van der Waals surface area contributed by atoms with Gasteiger partial charge in [0.05, 0.1) is 22.3 Å².